The van der Waals surface area contributed by atoms with E-state index < -0.39 is 0 Å². The van der Waals surface area contributed by atoms with Gasteiger partial charge in [0.25, 0.3) is 5.91 Å². The van der Waals surface area contributed by atoms with Crippen molar-refractivity contribution in [3.8, 4) is 0 Å². The molecule has 0 radical (unpaired) electrons. The molecular formula is C25H30BrN3O2. The summed E-state index contributed by atoms with van der Waals surface area (Å²) in [6, 6.07) is 15.9. The van der Waals surface area contributed by atoms with Crippen molar-refractivity contribution in [2.45, 2.75) is 38.8 Å². The summed E-state index contributed by atoms with van der Waals surface area (Å²) in [5, 5.41) is 3.15. The zero-order valence-corrected chi connectivity index (χ0v) is 19.4. The van der Waals surface area contributed by atoms with E-state index in [4.69, 9.17) is 0 Å². The molecule has 2 fully saturated rings. The highest BCUT2D eigenvalue weighted by atomic mass is 79.9. The van der Waals surface area contributed by atoms with Gasteiger partial charge in [-0.3, -0.25) is 14.5 Å². The van der Waals surface area contributed by atoms with Crippen molar-refractivity contribution in [2.24, 2.45) is 5.92 Å². The molecule has 2 heterocycles. The molecule has 2 aromatic rings. The first-order valence-corrected chi connectivity index (χ1v) is 12.0. The molecule has 6 heteroatoms. The van der Waals surface area contributed by atoms with E-state index in [9.17, 15) is 9.59 Å². The van der Waals surface area contributed by atoms with Crippen molar-refractivity contribution in [3.63, 3.8) is 0 Å². The fourth-order valence-corrected chi connectivity index (χ4v) is 4.78. The first kappa shape index (κ1) is 22.0. The molecule has 0 atom stereocenters. The number of hydrogen-bond acceptors (Lipinski definition) is 3. The number of piperidine rings is 1. The van der Waals surface area contributed by atoms with Gasteiger partial charge in [0.1, 0.15) is 0 Å². The number of rotatable bonds is 6. The normalized spacial score (nSPS) is 17.6. The highest BCUT2D eigenvalue weighted by Gasteiger charge is 2.27. The average molecular weight is 484 g/mol. The summed E-state index contributed by atoms with van der Waals surface area (Å²) in [6.07, 6.45) is 3.98. The van der Waals surface area contributed by atoms with Crippen LogP contribution in [0.2, 0.25) is 0 Å². The van der Waals surface area contributed by atoms with E-state index >= 15 is 0 Å². The van der Waals surface area contributed by atoms with Gasteiger partial charge in [0.15, 0.2) is 0 Å². The third-order valence-corrected chi connectivity index (χ3v) is 6.94. The predicted octanol–water partition coefficient (Wildman–Crippen LogP) is 4.21. The largest absolute Gasteiger partial charge is 0.352 e. The van der Waals surface area contributed by atoms with Gasteiger partial charge in [0, 0.05) is 42.1 Å². The summed E-state index contributed by atoms with van der Waals surface area (Å²) >= 11 is 3.40. The Morgan fingerprint density at radius 1 is 0.903 bits per heavy atom. The second-order valence-corrected chi connectivity index (χ2v) is 9.46. The van der Waals surface area contributed by atoms with Crippen molar-refractivity contribution in [1.29, 1.82) is 0 Å². The Hall–Kier alpha value is -2.18. The number of amides is 2. The molecule has 164 valence electrons. The maximum Gasteiger partial charge on any atom is 0.253 e. The summed E-state index contributed by atoms with van der Waals surface area (Å²) in [6.45, 7) is 5.11. The van der Waals surface area contributed by atoms with E-state index in [1.54, 1.807) is 0 Å². The minimum absolute atomic E-state index is 0.0280. The Morgan fingerprint density at radius 3 is 2.23 bits per heavy atom. The number of nitrogens with zero attached hydrogens (tertiary/aromatic N) is 2. The van der Waals surface area contributed by atoms with Crippen LogP contribution in [0.15, 0.2) is 53.0 Å². The first-order valence-electron chi connectivity index (χ1n) is 11.2. The van der Waals surface area contributed by atoms with Crippen LogP contribution in [0, 0.1) is 5.92 Å². The number of benzene rings is 2. The van der Waals surface area contributed by atoms with Crippen LogP contribution in [0.1, 0.15) is 47.2 Å². The van der Waals surface area contributed by atoms with Gasteiger partial charge in [0.2, 0.25) is 5.91 Å². The average Bonchev–Trinajstić information content (AvgIpc) is 3.31. The van der Waals surface area contributed by atoms with E-state index in [1.165, 1.54) is 24.0 Å². The molecule has 0 bridgehead atoms. The van der Waals surface area contributed by atoms with Gasteiger partial charge in [-0.1, -0.05) is 40.2 Å². The molecular weight excluding hydrogens is 454 g/mol. The van der Waals surface area contributed by atoms with E-state index in [1.807, 2.05) is 35.2 Å². The lowest BCUT2D eigenvalue weighted by molar-refractivity contribution is -0.126. The maximum atomic E-state index is 12.8. The maximum absolute atomic E-state index is 12.8. The molecule has 5 nitrogen and oxygen atoms in total. The smallest absolute Gasteiger partial charge is 0.253 e. The number of halogens is 1. The zero-order valence-electron chi connectivity index (χ0n) is 17.9. The van der Waals surface area contributed by atoms with Crippen LogP contribution in [0.25, 0.3) is 0 Å². The summed E-state index contributed by atoms with van der Waals surface area (Å²) in [5.41, 5.74) is 3.20. The third-order valence-electron chi connectivity index (χ3n) is 6.41. The van der Waals surface area contributed by atoms with Crippen LogP contribution in [0.4, 0.5) is 0 Å². The molecule has 0 aromatic heterocycles. The Balaban J connectivity index is 1.27. The lowest BCUT2D eigenvalue weighted by Crippen LogP contribution is -2.43. The number of nitrogens with one attached hydrogen (secondary N) is 1. The van der Waals surface area contributed by atoms with Crippen LogP contribution in [0.5, 0.6) is 0 Å². The van der Waals surface area contributed by atoms with E-state index in [0.29, 0.717) is 38.0 Å². The molecule has 2 aliphatic rings. The highest BCUT2D eigenvalue weighted by Crippen LogP contribution is 2.21. The molecule has 4 rings (SSSR count). The van der Waals surface area contributed by atoms with Gasteiger partial charge >= 0.3 is 0 Å². The summed E-state index contributed by atoms with van der Waals surface area (Å²) in [5.74, 6) is 0.119. The fraction of sp³-hybridized carbons (Fsp3) is 0.440. The minimum Gasteiger partial charge on any atom is -0.352 e. The monoisotopic (exact) mass is 483 g/mol. The predicted molar refractivity (Wildman–Crippen MR) is 126 cm³/mol. The van der Waals surface area contributed by atoms with Crippen LogP contribution >= 0.6 is 15.9 Å². The molecule has 2 aliphatic heterocycles. The van der Waals surface area contributed by atoms with Gasteiger partial charge in [0.05, 0.1) is 0 Å². The summed E-state index contributed by atoms with van der Waals surface area (Å²) in [7, 11) is 0. The molecule has 1 N–H and O–H groups in total. The Morgan fingerprint density at radius 2 is 1.55 bits per heavy atom. The topological polar surface area (TPSA) is 52.7 Å². The Labute approximate surface area is 192 Å². The van der Waals surface area contributed by atoms with Gasteiger partial charge in [-0.25, -0.2) is 0 Å². The molecule has 0 unspecified atom stereocenters. The number of likely N-dealkylation sites (tertiary alicyclic amines) is 2. The zero-order chi connectivity index (χ0) is 21.6. The SMILES string of the molecule is O=C(NCc1ccccc1CN1CCCC1)C1CCN(C(=O)c2ccc(Br)cc2)CC1. The van der Waals surface area contributed by atoms with E-state index in [-0.39, 0.29) is 17.7 Å². The van der Waals surface area contributed by atoms with Gasteiger partial charge in [-0.15, -0.1) is 0 Å². The molecule has 2 saturated heterocycles. The van der Waals surface area contributed by atoms with Crippen molar-refractivity contribution >= 4 is 27.7 Å². The lowest BCUT2D eigenvalue weighted by Gasteiger charge is -2.31. The van der Waals surface area contributed by atoms with Crippen LogP contribution in [-0.2, 0) is 17.9 Å². The van der Waals surface area contributed by atoms with Crippen molar-refractivity contribution in [2.75, 3.05) is 26.2 Å². The minimum atomic E-state index is -0.0280. The van der Waals surface area contributed by atoms with Gasteiger partial charge in [-0.2, -0.15) is 0 Å². The number of hydrogen-bond donors (Lipinski definition) is 1. The van der Waals surface area contributed by atoms with E-state index in [2.05, 4.69) is 44.3 Å². The standard InChI is InChI=1S/C25H30BrN3O2/c26-23-9-7-20(8-10-23)25(31)29-15-11-19(12-16-29)24(30)27-17-21-5-1-2-6-22(21)18-28-13-3-4-14-28/h1-2,5-10,19H,3-4,11-18H2,(H,27,30). The highest BCUT2D eigenvalue weighted by molar-refractivity contribution is 9.10. The number of carbonyl (C=O) groups is 2. The van der Waals surface area contributed by atoms with Crippen molar-refractivity contribution in [3.05, 3.63) is 69.7 Å². The van der Waals surface area contributed by atoms with Crippen molar-refractivity contribution < 1.29 is 9.59 Å². The summed E-state index contributed by atoms with van der Waals surface area (Å²) in [4.78, 5) is 29.8. The Bertz CT molecular complexity index is 901. The quantitative estimate of drug-likeness (QED) is 0.669. The molecule has 31 heavy (non-hydrogen) atoms. The van der Waals surface area contributed by atoms with Crippen molar-refractivity contribution in [1.82, 2.24) is 15.1 Å². The number of carbonyl (C=O) groups excluding carboxylic acids is 2. The van der Waals surface area contributed by atoms with Gasteiger partial charge < -0.3 is 10.2 Å². The van der Waals surface area contributed by atoms with E-state index in [0.717, 1.165) is 24.1 Å². The van der Waals surface area contributed by atoms with Crippen LogP contribution in [0.3, 0.4) is 0 Å². The lowest BCUT2D eigenvalue weighted by atomic mass is 9.95. The third kappa shape index (κ3) is 5.74. The molecule has 2 amide bonds. The van der Waals surface area contributed by atoms with Gasteiger partial charge in [-0.05, 0) is 74.2 Å². The second kappa shape index (κ2) is 10.4. The molecule has 0 aliphatic carbocycles. The van der Waals surface area contributed by atoms with Crippen LogP contribution in [-0.4, -0.2) is 47.8 Å². The molecule has 0 saturated carbocycles. The van der Waals surface area contributed by atoms with Crippen LogP contribution < -0.4 is 5.32 Å². The molecule has 2 aromatic carbocycles. The summed E-state index contributed by atoms with van der Waals surface area (Å²) < 4.78 is 0.960. The fourth-order valence-electron chi connectivity index (χ4n) is 4.51. The Kier molecular flexibility index (Phi) is 7.41. The molecule has 0 spiro atoms. The first-order chi connectivity index (χ1) is 15.1. The second-order valence-electron chi connectivity index (χ2n) is 8.54.